The molecule has 0 aliphatic carbocycles. The zero-order chi connectivity index (χ0) is 12.5. The molecule has 2 heterocycles. The molecule has 0 radical (unpaired) electrons. The molecule has 4 nitrogen and oxygen atoms in total. The first kappa shape index (κ1) is 12.6. The van der Waals surface area contributed by atoms with Crippen molar-refractivity contribution in [2.45, 2.75) is 26.3 Å². The van der Waals surface area contributed by atoms with E-state index >= 15 is 0 Å². The predicted octanol–water partition coefficient (Wildman–Crippen LogP) is 1.67. The van der Waals surface area contributed by atoms with Crippen LogP contribution in [0, 0.1) is 12.8 Å². The lowest BCUT2D eigenvalue weighted by Crippen LogP contribution is -2.28. The van der Waals surface area contributed by atoms with Gasteiger partial charge in [-0.3, -0.25) is 0 Å². The Hall–Kier alpha value is -0.810. The van der Waals surface area contributed by atoms with Crippen LogP contribution in [-0.4, -0.2) is 26.5 Å². The van der Waals surface area contributed by atoms with Crippen LogP contribution in [0.5, 0.6) is 0 Å². The topological polar surface area (TPSA) is 59.3 Å². The molecule has 1 aliphatic heterocycles. The molecule has 1 N–H and O–H groups in total. The van der Waals surface area contributed by atoms with E-state index < -0.39 is 9.84 Å². The third kappa shape index (κ3) is 2.90. The minimum absolute atomic E-state index is 0.0194. The highest BCUT2D eigenvalue weighted by Gasteiger charge is 2.35. The van der Waals surface area contributed by atoms with Gasteiger partial charge in [-0.2, -0.15) is 0 Å². The summed E-state index contributed by atoms with van der Waals surface area (Å²) in [6.07, 6.45) is 0.722. The average molecular weight is 257 g/mol. The van der Waals surface area contributed by atoms with E-state index in [1.807, 2.05) is 26.0 Å². The molecule has 2 unspecified atom stereocenters. The fourth-order valence-corrected chi connectivity index (χ4v) is 4.27. The van der Waals surface area contributed by atoms with Crippen molar-refractivity contribution in [1.29, 1.82) is 0 Å². The molecular weight excluding hydrogens is 238 g/mol. The van der Waals surface area contributed by atoms with E-state index in [0.29, 0.717) is 5.75 Å². The van der Waals surface area contributed by atoms with Crippen molar-refractivity contribution in [2.75, 3.05) is 18.1 Å². The van der Waals surface area contributed by atoms with Crippen LogP contribution in [0.3, 0.4) is 0 Å². The molecule has 0 saturated carbocycles. The average Bonchev–Trinajstić information content (AvgIpc) is 2.81. The standard InChI is InChI=1S/C12H19NO3S/c1-3-13-12(11-5-4-9(2)16-11)10-6-7-17(14,15)8-10/h4-5,10,12-13H,3,6-8H2,1-2H3. The number of rotatable bonds is 4. The Balaban J connectivity index is 2.18. The van der Waals surface area contributed by atoms with E-state index in [9.17, 15) is 8.42 Å². The van der Waals surface area contributed by atoms with E-state index in [1.54, 1.807) is 0 Å². The molecule has 1 saturated heterocycles. The van der Waals surface area contributed by atoms with Gasteiger partial charge in [-0.25, -0.2) is 8.42 Å². The van der Waals surface area contributed by atoms with Gasteiger partial charge in [0, 0.05) is 0 Å². The van der Waals surface area contributed by atoms with Gasteiger partial charge in [-0.15, -0.1) is 0 Å². The molecular formula is C12H19NO3S. The zero-order valence-electron chi connectivity index (χ0n) is 10.3. The highest BCUT2D eigenvalue weighted by Crippen LogP contribution is 2.32. The fraction of sp³-hybridized carbons (Fsp3) is 0.667. The number of nitrogens with one attached hydrogen (secondary N) is 1. The van der Waals surface area contributed by atoms with E-state index in [4.69, 9.17) is 4.42 Å². The maximum Gasteiger partial charge on any atom is 0.150 e. The molecule has 2 rings (SSSR count). The molecule has 0 spiro atoms. The van der Waals surface area contributed by atoms with Crippen LogP contribution in [0.15, 0.2) is 16.5 Å². The monoisotopic (exact) mass is 257 g/mol. The lowest BCUT2D eigenvalue weighted by atomic mass is 9.97. The SMILES string of the molecule is CCNC(c1ccc(C)o1)C1CCS(=O)(=O)C1. The van der Waals surface area contributed by atoms with E-state index in [0.717, 1.165) is 24.5 Å². The van der Waals surface area contributed by atoms with Crippen LogP contribution in [-0.2, 0) is 9.84 Å². The van der Waals surface area contributed by atoms with Gasteiger partial charge in [0.25, 0.3) is 0 Å². The van der Waals surface area contributed by atoms with Gasteiger partial charge in [0.15, 0.2) is 9.84 Å². The first-order chi connectivity index (χ1) is 8.02. The molecule has 2 atom stereocenters. The van der Waals surface area contributed by atoms with Crippen LogP contribution < -0.4 is 5.32 Å². The molecule has 1 aromatic rings. The summed E-state index contributed by atoms with van der Waals surface area (Å²) in [7, 11) is -2.84. The maximum absolute atomic E-state index is 11.5. The van der Waals surface area contributed by atoms with Gasteiger partial charge < -0.3 is 9.73 Å². The van der Waals surface area contributed by atoms with Crippen LogP contribution in [0.4, 0.5) is 0 Å². The third-order valence-electron chi connectivity index (χ3n) is 3.23. The van der Waals surface area contributed by atoms with Crippen molar-refractivity contribution >= 4 is 9.84 Å². The quantitative estimate of drug-likeness (QED) is 0.891. The number of furan rings is 1. The van der Waals surface area contributed by atoms with Gasteiger partial charge in [0.1, 0.15) is 11.5 Å². The summed E-state index contributed by atoms with van der Waals surface area (Å²) >= 11 is 0. The predicted molar refractivity (Wildman–Crippen MR) is 66.6 cm³/mol. The Morgan fingerprint density at radius 1 is 1.53 bits per heavy atom. The second-order valence-electron chi connectivity index (χ2n) is 4.65. The number of sulfone groups is 1. The molecule has 5 heteroatoms. The first-order valence-electron chi connectivity index (χ1n) is 6.02. The summed E-state index contributed by atoms with van der Waals surface area (Å²) in [4.78, 5) is 0. The Morgan fingerprint density at radius 3 is 2.76 bits per heavy atom. The Bertz CT molecular complexity index is 478. The number of hydrogen-bond donors (Lipinski definition) is 1. The highest BCUT2D eigenvalue weighted by atomic mass is 32.2. The minimum atomic E-state index is -2.84. The Labute approximate surface area is 102 Å². The van der Waals surface area contributed by atoms with Crippen LogP contribution in [0.25, 0.3) is 0 Å². The van der Waals surface area contributed by atoms with Crippen molar-refractivity contribution in [3.05, 3.63) is 23.7 Å². The van der Waals surface area contributed by atoms with Gasteiger partial charge in [0.2, 0.25) is 0 Å². The Morgan fingerprint density at radius 2 is 2.29 bits per heavy atom. The molecule has 17 heavy (non-hydrogen) atoms. The van der Waals surface area contributed by atoms with E-state index in [2.05, 4.69) is 5.32 Å². The maximum atomic E-state index is 11.5. The minimum Gasteiger partial charge on any atom is -0.465 e. The highest BCUT2D eigenvalue weighted by molar-refractivity contribution is 7.91. The molecule has 96 valence electrons. The van der Waals surface area contributed by atoms with Crippen LogP contribution >= 0.6 is 0 Å². The van der Waals surface area contributed by atoms with Gasteiger partial charge in [0.05, 0.1) is 17.5 Å². The van der Waals surface area contributed by atoms with Gasteiger partial charge >= 0.3 is 0 Å². The van der Waals surface area contributed by atoms with Crippen LogP contribution in [0.1, 0.15) is 30.9 Å². The summed E-state index contributed by atoms with van der Waals surface area (Å²) in [5.41, 5.74) is 0. The summed E-state index contributed by atoms with van der Waals surface area (Å²) < 4.78 is 28.7. The second-order valence-corrected chi connectivity index (χ2v) is 6.88. The van der Waals surface area contributed by atoms with Crippen molar-refractivity contribution in [1.82, 2.24) is 5.32 Å². The van der Waals surface area contributed by atoms with Crippen molar-refractivity contribution in [2.24, 2.45) is 5.92 Å². The summed E-state index contributed by atoms with van der Waals surface area (Å²) in [5.74, 6) is 2.42. The summed E-state index contributed by atoms with van der Waals surface area (Å²) in [6.45, 7) is 4.73. The molecule has 1 aromatic heterocycles. The smallest absolute Gasteiger partial charge is 0.150 e. The van der Waals surface area contributed by atoms with Crippen molar-refractivity contribution in [3.63, 3.8) is 0 Å². The molecule has 0 aromatic carbocycles. The Kier molecular flexibility index (Phi) is 3.58. The fourth-order valence-electron chi connectivity index (χ4n) is 2.43. The molecule has 1 aliphatic rings. The lowest BCUT2D eigenvalue weighted by molar-refractivity contribution is 0.329. The summed E-state index contributed by atoms with van der Waals surface area (Å²) in [6, 6.07) is 3.88. The van der Waals surface area contributed by atoms with Gasteiger partial charge in [-0.05, 0) is 37.9 Å². The molecule has 0 amide bonds. The second kappa shape index (κ2) is 4.82. The number of aryl methyl sites for hydroxylation is 1. The first-order valence-corrected chi connectivity index (χ1v) is 7.84. The normalized spacial score (nSPS) is 24.9. The largest absolute Gasteiger partial charge is 0.465 e. The van der Waals surface area contributed by atoms with E-state index in [-0.39, 0.29) is 17.7 Å². The zero-order valence-corrected chi connectivity index (χ0v) is 11.1. The van der Waals surface area contributed by atoms with Gasteiger partial charge in [-0.1, -0.05) is 6.92 Å². The van der Waals surface area contributed by atoms with Crippen molar-refractivity contribution < 1.29 is 12.8 Å². The molecule has 0 bridgehead atoms. The van der Waals surface area contributed by atoms with Crippen molar-refractivity contribution in [3.8, 4) is 0 Å². The van der Waals surface area contributed by atoms with Crippen LogP contribution in [0.2, 0.25) is 0 Å². The van der Waals surface area contributed by atoms with E-state index in [1.165, 1.54) is 0 Å². The summed E-state index contributed by atoms with van der Waals surface area (Å²) in [5, 5.41) is 3.33. The molecule has 1 fully saturated rings. The lowest BCUT2D eigenvalue weighted by Gasteiger charge is -2.21. The third-order valence-corrected chi connectivity index (χ3v) is 5.02. The number of hydrogen-bond acceptors (Lipinski definition) is 4.